The van der Waals surface area contributed by atoms with Gasteiger partial charge in [0.2, 0.25) is 5.91 Å². The topological polar surface area (TPSA) is 44.9 Å². The first-order chi connectivity index (χ1) is 11.7. The third-order valence-electron chi connectivity index (χ3n) is 4.81. The zero-order valence-electron chi connectivity index (χ0n) is 13.9. The number of aromatic nitrogens is 1. The van der Waals surface area contributed by atoms with Crippen molar-refractivity contribution in [3.8, 4) is 0 Å². The molecule has 1 fully saturated rings. The van der Waals surface area contributed by atoms with Crippen LogP contribution in [-0.4, -0.2) is 16.9 Å². The molecule has 1 saturated carbocycles. The maximum absolute atomic E-state index is 12.5. The van der Waals surface area contributed by atoms with Gasteiger partial charge in [0, 0.05) is 35.5 Å². The van der Waals surface area contributed by atoms with Gasteiger partial charge in [-0.15, -0.1) is 0 Å². The van der Waals surface area contributed by atoms with E-state index in [9.17, 15) is 4.79 Å². The van der Waals surface area contributed by atoms with E-state index in [4.69, 9.17) is 0 Å². The van der Waals surface area contributed by atoms with Gasteiger partial charge in [-0.05, 0) is 37.0 Å². The number of carbonyl (C=O) groups excluding carboxylic acids is 1. The van der Waals surface area contributed by atoms with Gasteiger partial charge >= 0.3 is 0 Å². The molecule has 0 saturated heterocycles. The Kier molecular flexibility index (Phi) is 3.85. The molecular formula is C21H22N2O. The van der Waals surface area contributed by atoms with Crippen LogP contribution in [0.15, 0.2) is 54.7 Å². The maximum atomic E-state index is 12.5. The Morgan fingerprint density at radius 3 is 2.67 bits per heavy atom. The molecule has 1 aliphatic rings. The van der Waals surface area contributed by atoms with E-state index in [1.54, 1.807) is 0 Å². The predicted molar refractivity (Wildman–Crippen MR) is 97.1 cm³/mol. The number of aryl methyl sites for hydroxylation is 1. The molecule has 3 heteroatoms. The maximum Gasteiger partial charge on any atom is 0.221 e. The number of para-hydroxylation sites is 1. The van der Waals surface area contributed by atoms with E-state index in [1.807, 2.05) is 6.07 Å². The van der Waals surface area contributed by atoms with Gasteiger partial charge in [-0.25, -0.2) is 0 Å². The minimum absolute atomic E-state index is 0.0699. The van der Waals surface area contributed by atoms with Crippen LogP contribution in [0.2, 0.25) is 0 Å². The number of carbonyl (C=O) groups is 1. The highest BCUT2D eigenvalue weighted by Crippen LogP contribution is 2.34. The first-order valence-electron chi connectivity index (χ1n) is 8.62. The number of fused-ring (bicyclic) bond motifs is 1. The first kappa shape index (κ1) is 15.0. The van der Waals surface area contributed by atoms with Crippen LogP contribution >= 0.6 is 0 Å². The molecule has 0 aliphatic heterocycles. The molecule has 1 heterocycles. The fourth-order valence-electron chi connectivity index (χ4n) is 3.29. The van der Waals surface area contributed by atoms with Crippen LogP contribution in [0.1, 0.15) is 41.9 Å². The summed E-state index contributed by atoms with van der Waals surface area (Å²) in [6, 6.07) is 17.2. The minimum Gasteiger partial charge on any atom is -0.361 e. The Morgan fingerprint density at radius 2 is 1.92 bits per heavy atom. The van der Waals surface area contributed by atoms with Crippen molar-refractivity contribution in [3.63, 3.8) is 0 Å². The number of hydrogen-bond donors (Lipinski definition) is 2. The van der Waals surface area contributed by atoms with E-state index in [-0.39, 0.29) is 11.8 Å². The molecule has 1 atom stereocenters. The molecule has 2 aromatic carbocycles. The van der Waals surface area contributed by atoms with Gasteiger partial charge in [-0.3, -0.25) is 4.79 Å². The van der Waals surface area contributed by atoms with E-state index >= 15 is 0 Å². The number of rotatable bonds is 5. The molecule has 4 rings (SSSR count). The first-order valence-corrected chi connectivity index (χ1v) is 8.62. The second kappa shape index (κ2) is 6.16. The summed E-state index contributed by atoms with van der Waals surface area (Å²) in [6.45, 7) is 2.09. The second-order valence-corrected chi connectivity index (χ2v) is 6.80. The Labute approximate surface area is 142 Å². The molecule has 0 bridgehead atoms. The average molecular weight is 318 g/mol. The highest BCUT2D eigenvalue weighted by Gasteiger charge is 2.26. The summed E-state index contributed by atoms with van der Waals surface area (Å²) >= 11 is 0. The predicted octanol–water partition coefficient (Wildman–Crippen LogP) is 4.28. The van der Waals surface area contributed by atoms with Crippen molar-refractivity contribution in [1.29, 1.82) is 0 Å². The molecule has 2 N–H and O–H groups in total. The van der Waals surface area contributed by atoms with Crippen molar-refractivity contribution in [2.75, 3.05) is 0 Å². The summed E-state index contributed by atoms with van der Waals surface area (Å²) in [6.07, 6.45) is 4.78. The van der Waals surface area contributed by atoms with Crippen LogP contribution in [0.4, 0.5) is 0 Å². The van der Waals surface area contributed by atoms with E-state index in [1.165, 1.54) is 22.1 Å². The fourth-order valence-corrected chi connectivity index (χ4v) is 3.29. The number of H-pyrrole nitrogens is 1. The van der Waals surface area contributed by atoms with Crippen molar-refractivity contribution in [3.05, 3.63) is 71.4 Å². The Bertz CT molecular complexity index is 859. The highest BCUT2D eigenvalue weighted by atomic mass is 16.1. The summed E-state index contributed by atoms with van der Waals surface area (Å²) in [4.78, 5) is 15.8. The third-order valence-corrected chi connectivity index (χ3v) is 4.81. The van der Waals surface area contributed by atoms with E-state index in [0.717, 1.165) is 18.4 Å². The van der Waals surface area contributed by atoms with Gasteiger partial charge in [0.1, 0.15) is 0 Å². The summed E-state index contributed by atoms with van der Waals surface area (Å²) in [5.74, 6) is 0.217. The van der Waals surface area contributed by atoms with Gasteiger partial charge < -0.3 is 10.3 Å². The highest BCUT2D eigenvalue weighted by molar-refractivity contribution is 5.86. The third kappa shape index (κ3) is 3.07. The molecule has 122 valence electrons. The summed E-state index contributed by atoms with van der Waals surface area (Å²) in [5.41, 5.74) is 4.74. The lowest BCUT2D eigenvalue weighted by molar-refractivity contribution is -0.121. The lowest BCUT2D eigenvalue weighted by atomic mass is 9.87. The molecule has 0 radical (unpaired) electrons. The van der Waals surface area contributed by atoms with Crippen LogP contribution in [0, 0.1) is 6.92 Å². The summed E-state index contributed by atoms with van der Waals surface area (Å²) < 4.78 is 0. The summed E-state index contributed by atoms with van der Waals surface area (Å²) in [7, 11) is 0. The number of amides is 1. The number of nitrogens with one attached hydrogen (secondary N) is 2. The second-order valence-electron chi connectivity index (χ2n) is 6.80. The van der Waals surface area contributed by atoms with Crippen molar-refractivity contribution in [2.24, 2.45) is 0 Å². The zero-order valence-corrected chi connectivity index (χ0v) is 13.9. The molecule has 1 amide bonds. The smallest absolute Gasteiger partial charge is 0.221 e. The molecular weight excluding hydrogens is 296 g/mol. The Hall–Kier alpha value is -2.55. The van der Waals surface area contributed by atoms with Crippen LogP contribution in [0.3, 0.4) is 0 Å². The lowest BCUT2D eigenvalue weighted by Crippen LogP contribution is -2.27. The molecule has 24 heavy (non-hydrogen) atoms. The molecule has 1 aromatic heterocycles. The zero-order chi connectivity index (χ0) is 16.5. The van der Waals surface area contributed by atoms with Gasteiger partial charge in [0.15, 0.2) is 0 Å². The number of hydrogen-bond acceptors (Lipinski definition) is 1. The van der Waals surface area contributed by atoms with Gasteiger partial charge in [0.05, 0.1) is 0 Å². The van der Waals surface area contributed by atoms with E-state index in [0.29, 0.717) is 12.5 Å². The van der Waals surface area contributed by atoms with Crippen LogP contribution in [0.25, 0.3) is 10.9 Å². The van der Waals surface area contributed by atoms with Crippen LogP contribution in [0.5, 0.6) is 0 Å². The molecule has 0 unspecified atom stereocenters. The van der Waals surface area contributed by atoms with E-state index < -0.39 is 0 Å². The quantitative estimate of drug-likeness (QED) is 0.725. The van der Waals surface area contributed by atoms with Crippen molar-refractivity contribution in [2.45, 2.75) is 38.1 Å². The largest absolute Gasteiger partial charge is 0.361 e. The number of benzene rings is 2. The van der Waals surface area contributed by atoms with Gasteiger partial charge in [0.25, 0.3) is 0 Å². The fraction of sp³-hybridized carbons (Fsp3) is 0.286. The van der Waals surface area contributed by atoms with Gasteiger partial charge in [-0.1, -0.05) is 48.0 Å². The average Bonchev–Trinajstić information content (AvgIpc) is 3.30. The van der Waals surface area contributed by atoms with Crippen molar-refractivity contribution in [1.82, 2.24) is 10.3 Å². The normalized spacial score (nSPS) is 15.4. The van der Waals surface area contributed by atoms with Crippen molar-refractivity contribution >= 4 is 16.8 Å². The SMILES string of the molecule is Cc1ccc([C@@H](CC(=O)NC2CC2)c2c[nH]c3ccccc23)cc1. The minimum atomic E-state index is 0.0699. The Morgan fingerprint density at radius 1 is 1.17 bits per heavy atom. The van der Waals surface area contributed by atoms with E-state index in [2.05, 4.69) is 65.9 Å². The lowest BCUT2D eigenvalue weighted by Gasteiger charge is -2.17. The number of aromatic amines is 1. The van der Waals surface area contributed by atoms with Crippen LogP contribution in [-0.2, 0) is 4.79 Å². The monoisotopic (exact) mass is 318 g/mol. The molecule has 3 nitrogen and oxygen atoms in total. The molecule has 1 aliphatic carbocycles. The van der Waals surface area contributed by atoms with Crippen LogP contribution < -0.4 is 5.32 Å². The Balaban J connectivity index is 1.71. The van der Waals surface area contributed by atoms with Crippen molar-refractivity contribution < 1.29 is 4.79 Å². The van der Waals surface area contributed by atoms with Gasteiger partial charge in [-0.2, -0.15) is 0 Å². The molecule has 3 aromatic rings. The standard InChI is InChI=1S/C21H22N2O/c1-14-6-8-15(9-7-14)18(12-21(24)23-16-10-11-16)19-13-22-20-5-3-2-4-17(19)20/h2-9,13,16,18,22H,10-12H2,1H3,(H,23,24)/t18-/m1/s1. The summed E-state index contributed by atoms with van der Waals surface area (Å²) in [5, 5.41) is 4.32. The molecule has 0 spiro atoms.